The summed E-state index contributed by atoms with van der Waals surface area (Å²) in [5, 5.41) is 18.4. The van der Waals surface area contributed by atoms with Gasteiger partial charge in [0.1, 0.15) is 46.4 Å². The standard InChI is InChI=1S/C45H55N7O9S/c1-51(2)29-20-18-27(19-21-29)39-47-37-33-15-10-11-17-36(33)61-38(37)41(48-39)59-31-24-35-40(53)49-45(43(55)50-62(57,58)32-22-23-32)25-28(45)12-6-4-3-5-7-16-34(42(54)52(35)26-31)46-44(56)60-30-13-8-9-14-30/h6,10-12,15,17-21,28,30-32,34-35,40,49,53H,3-5,7-9,13-14,16,22-26H2,1-2H3,(H,46,56)(H,50,55)/p+1/b12-6-/t28-,31-,34+,35+,40?,45-/m1/s1. The van der Waals surface area contributed by atoms with Gasteiger partial charge in [0.05, 0.1) is 12.6 Å². The number of alkyl carbamates (subject to hydrolysis) is 1. The van der Waals surface area contributed by atoms with E-state index in [4.69, 9.17) is 23.9 Å². The second-order valence-corrected chi connectivity index (χ2v) is 19.9. The van der Waals surface area contributed by atoms with Gasteiger partial charge in [-0.3, -0.25) is 10.1 Å². The van der Waals surface area contributed by atoms with Gasteiger partial charge >= 0.3 is 22.0 Å². The number of amides is 3. The van der Waals surface area contributed by atoms with Gasteiger partial charge in [0, 0.05) is 43.1 Å². The first-order valence-corrected chi connectivity index (χ1v) is 23.7. The molecule has 3 amide bonds. The lowest BCUT2D eigenvalue weighted by Gasteiger charge is -2.33. The molecule has 0 spiro atoms. The van der Waals surface area contributed by atoms with Crippen molar-refractivity contribution in [2.75, 3.05) is 25.5 Å². The van der Waals surface area contributed by atoms with Crippen LogP contribution in [-0.2, 0) is 24.3 Å². The maximum atomic E-state index is 14.8. The molecule has 3 aliphatic carbocycles. The third-order valence-electron chi connectivity index (χ3n) is 13.1. The van der Waals surface area contributed by atoms with Crippen molar-refractivity contribution in [3.63, 3.8) is 0 Å². The zero-order valence-corrected chi connectivity index (χ0v) is 36.0. The zero-order chi connectivity index (χ0) is 43.2. The summed E-state index contributed by atoms with van der Waals surface area (Å²) in [6, 6.07) is 13.4. The lowest BCUT2D eigenvalue weighted by atomic mass is 10.0. The van der Waals surface area contributed by atoms with Gasteiger partial charge in [0.2, 0.25) is 11.5 Å². The monoisotopic (exact) mass is 870 g/mol. The molecule has 16 nitrogen and oxygen atoms in total. The number of benzene rings is 2. The molecular weight excluding hydrogens is 815 g/mol. The molecule has 2 aliphatic heterocycles. The van der Waals surface area contributed by atoms with Crippen molar-refractivity contribution in [3.05, 3.63) is 60.7 Å². The lowest BCUT2D eigenvalue weighted by Crippen LogP contribution is -2.95. The summed E-state index contributed by atoms with van der Waals surface area (Å²) in [6.45, 7) is 0.00312. The number of aliphatic hydroxyl groups is 1. The first-order valence-electron chi connectivity index (χ1n) is 22.1. The van der Waals surface area contributed by atoms with Crippen LogP contribution in [0.15, 0.2) is 65.1 Å². The highest BCUT2D eigenvalue weighted by Gasteiger charge is 2.64. The van der Waals surface area contributed by atoms with Gasteiger partial charge in [-0.05, 0) is 101 Å². The Morgan fingerprint density at radius 1 is 0.984 bits per heavy atom. The van der Waals surface area contributed by atoms with E-state index in [1.165, 1.54) is 4.90 Å². The van der Waals surface area contributed by atoms with Crippen LogP contribution in [-0.4, -0.2) is 108 Å². The Kier molecular flexibility index (Phi) is 11.7. The van der Waals surface area contributed by atoms with Crippen molar-refractivity contribution in [2.45, 2.75) is 125 Å². The van der Waals surface area contributed by atoms with Gasteiger partial charge in [-0.15, -0.1) is 0 Å². The average Bonchev–Trinajstić information content (AvgIpc) is 4.06. The maximum Gasteiger partial charge on any atom is 0.408 e. The summed E-state index contributed by atoms with van der Waals surface area (Å²) < 4.78 is 45.7. The quantitative estimate of drug-likeness (QED) is 0.174. The molecule has 4 fully saturated rings. The van der Waals surface area contributed by atoms with E-state index in [9.17, 15) is 27.9 Å². The summed E-state index contributed by atoms with van der Waals surface area (Å²) in [4.78, 5) is 55.5. The average molecular weight is 871 g/mol. The number of primary amides is 1. The minimum atomic E-state index is -3.77. The molecule has 4 heterocycles. The number of nitrogens with two attached hydrogens (primary N) is 1. The zero-order valence-electron chi connectivity index (χ0n) is 35.2. The number of hydrogen-bond acceptors (Lipinski definition) is 13. The molecule has 5 aliphatic rings. The van der Waals surface area contributed by atoms with Crippen molar-refractivity contribution in [2.24, 2.45) is 5.92 Å². The number of rotatable bonds is 9. The van der Waals surface area contributed by atoms with Crippen LogP contribution in [0.4, 0.5) is 10.5 Å². The highest BCUT2D eigenvalue weighted by atomic mass is 32.2. The van der Waals surface area contributed by atoms with Crippen molar-refractivity contribution >= 4 is 55.7 Å². The third-order valence-corrected chi connectivity index (χ3v) is 15.0. The molecule has 330 valence electrons. The van der Waals surface area contributed by atoms with E-state index in [2.05, 4.69) is 10.6 Å². The largest absolute Gasteiger partial charge is 0.470 e. The predicted octanol–water partition coefficient (Wildman–Crippen LogP) is 4.26. The fourth-order valence-electron chi connectivity index (χ4n) is 9.29. The Hall–Kier alpha value is -5.10. The van der Waals surface area contributed by atoms with Crippen LogP contribution in [0.1, 0.15) is 83.5 Å². The molecule has 6 atom stereocenters. The maximum absolute atomic E-state index is 14.8. The topological polar surface area (TPSA) is 210 Å². The van der Waals surface area contributed by atoms with Gasteiger partial charge < -0.3 is 34.1 Å². The van der Waals surface area contributed by atoms with E-state index in [1.807, 2.05) is 79.7 Å². The minimum Gasteiger partial charge on any atom is -0.470 e. The molecule has 1 unspecified atom stereocenters. The number of aromatic nitrogens is 2. The number of fused-ring (bicyclic) bond motifs is 5. The smallest absolute Gasteiger partial charge is 0.408 e. The molecule has 2 aromatic heterocycles. The van der Waals surface area contributed by atoms with Gasteiger partial charge in [-0.1, -0.05) is 37.1 Å². The third kappa shape index (κ3) is 8.76. The summed E-state index contributed by atoms with van der Waals surface area (Å²) in [6.07, 6.45) is 9.09. The SMILES string of the molecule is CN(C)c1ccc(-c2nc(O[C@@H]3C[C@H]4C(O)N[C@]5(C(=O)[NH2+]S(=O)(=O)C6CC6)C[C@H]5/C=C\CCCCC[C@H](NC(=O)OC5CCCC5)C(=O)N4C3)c3oc4ccccc4c3n2)cc1. The van der Waals surface area contributed by atoms with Crippen molar-refractivity contribution in [1.29, 1.82) is 0 Å². The molecule has 2 aromatic carbocycles. The van der Waals surface area contributed by atoms with Crippen LogP contribution < -0.4 is 25.0 Å². The van der Waals surface area contributed by atoms with E-state index in [-0.39, 0.29) is 37.3 Å². The van der Waals surface area contributed by atoms with E-state index in [0.717, 1.165) is 66.3 Å². The number of aliphatic hydroxyl groups excluding tert-OH is 1. The van der Waals surface area contributed by atoms with Crippen molar-refractivity contribution < 1.29 is 46.5 Å². The van der Waals surface area contributed by atoms with Crippen molar-refractivity contribution in [1.82, 2.24) is 25.5 Å². The van der Waals surface area contributed by atoms with E-state index < -0.39 is 63.1 Å². The molecule has 3 saturated carbocycles. The molecule has 0 bridgehead atoms. The fraction of sp³-hybridized carbons (Fsp3) is 0.533. The number of quaternary nitrogens is 1. The highest BCUT2D eigenvalue weighted by Crippen LogP contribution is 2.46. The second kappa shape index (κ2) is 17.2. The summed E-state index contributed by atoms with van der Waals surface area (Å²) >= 11 is 0. The Morgan fingerprint density at radius 2 is 1.74 bits per heavy atom. The predicted molar refractivity (Wildman–Crippen MR) is 230 cm³/mol. The number of nitrogens with zero attached hydrogens (tertiary/aromatic N) is 4. The molecule has 9 rings (SSSR count). The fourth-order valence-corrected chi connectivity index (χ4v) is 10.8. The number of sulfonamides is 1. The first-order chi connectivity index (χ1) is 29.9. The molecule has 1 saturated heterocycles. The van der Waals surface area contributed by atoms with Crippen LogP contribution in [0.2, 0.25) is 0 Å². The van der Waals surface area contributed by atoms with E-state index in [1.54, 1.807) is 0 Å². The van der Waals surface area contributed by atoms with Gasteiger partial charge in [0.15, 0.2) is 5.82 Å². The Bertz CT molecular complexity index is 2470. The van der Waals surface area contributed by atoms with E-state index >= 15 is 0 Å². The number of primary sulfonamides is 1. The number of carbonyl (C=O) groups is 3. The Labute approximate surface area is 360 Å². The summed E-state index contributed by atoms with van der Waals surface area (Å²) in [5.41, 5.74) is 1.86. The van der Waals surface area contributed by atoms with Crippen LogP contribution in [0.5, 0.6) is 5.88 Å². The normalized spacial score (nSPS) is 27.8. The van der Waals surface area contributed by atoms with Crippen LogP contribution in [0.25, 0.3) is 33.5 Å². The number of nitrogens with one attached hydrogen (secondary N) is 2. The number of furan rings is 1. The first kappa shape index (κ1) is 42.2. The molecule has 17 heteroatoms. The molecular formula is C45H56N7O9S+. The van der Waals surface area contributed by atoms with Crippen LogP contribution in [0.3, 0.4) is 0 Å². The summed E-state index contributed by atoms with van der Waals surface area (Å²) in [5.74, 6) is -0.822. The number of para-hydroxylation sites is 1. The van der Waals surface area contributed by atoms with E-state index in [0.29, 0.717) is 48.2 Å². The lowest BCUT2D eigenvalue weighted by molar-refractivity contribution is -0.417. The number of allylic oxidation sites excluding steroid dienone is 1. The van der Waals surface area contributed by atoms with Crippen LogP contribution >= 0.6 is 0 Å². The number of ether oxygens (including phenoxy) is 2. The van der Waals surface area contributed by atoms with Gasteiger partial charge in [-0.2, -0.15) is 18.1 Å². The van der Waals surface area contributed by atoms with Gasteiger partial charge in [0.25, 0.3) is 5.88 Å². The second-order valence-electron chi connectivity index (χ2n) is 17.8. The summed E-state index contributed by atoms with van der Waals surface area (Å²) in [7, 11) is 0.160. The Balaban J connectivity index is 1.05. The molecule has 0 radical (unpaired) electrons. The van der Waals surface area contributed by atoms with Crippen molar-refractivity contribution in [3.8, 4) is 17.3 Å². The minimum absolute atomic E-state index is 0.00312. The van der Waals surface area contributed by atoms with Gasteiger partial charge in [-0.25, -0.2) is 14.6 Å². The number of hydrogen-bond donors (Lipinski definition) is 4. The molecule has 5 N–H and O–H groups in total. The number of carbonyl (C=O) groups excluding carboxylic acids is 3. The highest BCUT2D eigenvalue weighted by molar-refractivity contribution is 7.86. The molecule has 62 heavy (non-hydrogen) atoms. The van der Waals surface area contributed by atoms with Crippen LogP contribution in [0, 0.1) is 5.92 Å². The molecule has 4 aromatic rings. The Morgan fingerprint density at radius 3 is 2.50 bits per heavy atom. The number of anilines is 1.